The number of hydrogen-bond acceptors (Lipinski definition) is 7. The van der Waals surface area contributed by atoms with Crippen molar-refractivity contribution >= 4 is 28.7 Å². The van der Waals surface area contributed by atoms with E-state index in [1.54, 1.807) is 17.5 Å². The molecule has 112 valence electrons. The van der Waals surface area contributed by atoms with Crippen LogP contribution < -0.4 is 10.6 Å². The van der Waals surface area contributed by atoms with Crippen LogP contribution >= 0.6 is 11.3 Å². The Morgan fingerprint density at radius 1 is 1.29 bits per heavy atom. The second-order valence-electron chi connectivity index (χ2n) is 4.38. The number of nitrogens with one attached hydrogen (secondary N) is 2. The average Bonchev–Trinajstić information content (AvgIpc) is 2.98. The normalized spacial score (nSPS) is 10.3. The van der Waals surface area contributed by atoms with Crippen molar-refractivity contribution in [2.24, 2.45) is 0 Å². The van der Waals surface area contributed by atoms with Gasteiger partial charge in [0.15, 0.2) is 0 Å². The third-order valence-corrected chi connectivity index (χ3v) is 3.54. The van der Waals surface area contributed by atoms with Gasteiger partial charge >= 0.3 is 0 Å². The van der Waals surface area contributed by atoms with Crippen LogP contribution in [0.4, 0.5) is 17.3 Å². The van der Waals surface area contributed by atoms with Crippen molar-refractivity contribution in [3.63, 3.8) is 0 Å². The number of pyridine rings is 1. The van der Waals surface area contributed by atoms with Gasteiger partial charge in [0.05, 0.1) is 22.1 Å². The number of rotatable bonds is 8. The van der Waals surface area contributed by atoms with Crippen molar-refractivity contribution in [2.75, 3.05) is 23.7 Å². The molecule has 2 aromatic rings. The lowest BCUT2D eigenvalue weighted by molar-refractivity contribution is -0.384. The van der Waals surface area contributed by atoms with E-state index in [1.807, 2.05) is 12.3 Å². The van der Waals surface area contributed by atoms with Crippen LogP contribution in [0.2, 0.25) is 0 Å². The van der Waals surface area contributed by atoms with Gasteiger partial charge in [-0.15, -0.1) is 11.3 Å². The largest absolute Gasteiger partial charge is 0.370 e. The van der Waals surface area contributed by atoms with E-state index in [-0.39, 0.29) is 5.69 Å². The molecule has 0 amide bonds. The summed E-state index contributed by atoms with van der Waals surface area (Å²) in [4.78, 5) is 19.1. The Hall–Kier alpha value is -2.22. The third-order valence-electron chi connectivity index (χ3n) is 2.71. The topological polar surface area (TPSA) is 93.0 Å². The molecule has 0 aliphatic carbocycles. The molecule has 2 aromatic heterocycles. The highest BCUT2D eigenvalue weighted by atomic mass is 32.1. The summed E-state index contributed by atoms with van der Waals surface area (Å²) in [5.74, 6) is 1.02. The van der Waals surface area contributed by atoms with Gasteiger partial charge in [0.25, 0.3) is 5.69 Å². The lowest BCUT2D eigenvalue weighted by atomic mass is 10.3. The first-order valence-electron chi connectivity index (χ1n) is 6.71. The molecule has 21 heavy (non-hydrogen) atoms. The Balaban J connectivity index is 2.02. The summed E-state index contributed by atoms with van der Waals surface area (Å²) in [7, 11) is 0. The van der Waals surface area contributed by atoms with Gasteiger partial charge in [-0.05, 0) is 6.42 Å². The van der Waals surface area contributed by atoms with E-state index in [9.17, 15) is 10.1 Å². The molecule has 0 radical (unpaired) electrons. The molecular weight excluding hydrogens is 290 g/mol. The van der Waals surface area contributed by atoms with Crippen molar-refractivity contribution in [2.45, 2.75) is 19.8 Å². The maximum Gasteiger partial charge on any atom is 0.276 e. The second kappa shape index (κ2) is 7.53. The molecular formula is C13H17N5O2S. The number of hydrogen-bond donors (Lipinski definition) is 2. The van der Waals surface area contributed by atoms with Crippen molar-refractivity contribution in [3.05, 3.63) is 38.8 Å². The summed E-state index contributed by atoms with van der Waals surface area (Å²) in [6.07, 6.45) is 3.45. The molecule has 0 bridgehead atoms. The van der Waals surface area contributed by atoms with E-state index < -0.39 is 4.92 Å². The Morgan fingerprint density at radius 3 is 2.57 bits per heavy atom. The molecule has 2 N–H and O–H groups in total. The molecule has 0 fully saturated rings. The summed E-state index contributed by atoms with van der Waals surface area (Å²) in [5, 5.41) is 20.1. The molecule has 0 spiro atoms. The zero-order valence-corrected chi connectivity index (χ0v) is 12.5. The lowest BCUT2D eigenvalue weighted by Gasteiger charge is -2.08. The molecule has 2 heterocycles. The second-order valence-corrected chi connectivity index (χ2v) is 5.36. The molecule has 2 rings (SSSR count). The first-order valence-corrected chi connectivity index (χ1v) is 7.59. The van der Waals surface area contributed by atoms with E-state index >= 15 is 0 Å². The van der Waals surface area contributed by atoms with Crippen molar-refractivity contribution < 1.29 is 4.92 Å². The Morgan fingerprint density at radius 2 is 2.00 bits per heavy atom. The number of anilines is 2. The molecule has 0 unspecified atom stereocenters. The van der Waals surface area contributed by atoms with Crippen LogP contribution in [-0.4, -0.2) is 28.0 Å². The lowest BCUT2D eigenvalue weighted by Crippen LogP contribution is -2.09. The summed E-state index contributed by atoms with van der Waals surface area (Å²) in [6.45, 7) is 3.39. The summed E-state index contributed by atoms with van der Waals surface area (Å²) < 4.78 is 0. The quantitative estimate of drug-likeness (QED) is 0.575. The van der Waals surface area contributed by atoms with Gasteiger partial charge in [-0.2, -0.15) is 0 Å². The molecule has 0 aliphatic rings. The SMILES string of the molecule is CCCNc1cc([N+](=O)[O-])cc(NCCc2nccs2)n1. The molecule has 0 saturated carbocycles. The van der Waals surface area contributed by atoms with Crippen LogP contribution in [0.5, 0.6) is 0 Å². The number of nitro groups is 1. The van der Waals surface area contributed by atoms with Crippen molar-refractivity contribution in [3.8, 4) is 0 Å². The standard InChI is InChI=1S/C13H17N5O2S/c1-2-4-14-11-8-10(18(19)20)9-12(17-11)15-5-3-13-16-6-7-21-13/h6-9H,2-5H2,1H3,(H2,14,15,17). The van der Waals surface area contributed by atoms with Gasteiger partial charge in [-0.25, -0.2) is 9.97 Å². The van der Waals surface area contributed by atoms with Gasteiger partial charge < -0.3 is 10.6 Å². The number of nitrogens with zero attached hydrogens (tertiary/aromatic N) is 3. The van der Waals surface area contributed by atoms with E-state index in [2.05, 4.69) is 20.6 Å². The van der Waals surface area contributed by atoms with Crippen LogP contribution in [0.15, 0.2) is 23.7 Å². The average molecular weight is 307 g/mol. The fourth-order valence-electron chi connectivity index (χ4n) is 1.73. The summed E-state index contributed by atoms with van der Waals surface area (Å²) in [6, 6.07) is 2.89. The molecule has 7 nitrogen and oxygen atoms in total. The number of aromatic nitrogens is 2. The van der Waals surface area contributed by atoms with E-state index in [1.165, 1.54) is 12.1 Å². The van der Waals surface area contributed by atoms with Crippen LogP contribution in [0.3, 0.4) is 0 Å². The predicted octanol–water partition coefficient (Wildman–Crippen LogP) is 2.92. The minimum Gasteiger partial charge on any atom is -0.370 e. The van der Waals surface area contributed by atoms with Crippen molar-refractivity contribution in [1.82, 2.24) is 9.97 Å². The Labute approximate surface area is 126 Å². The maximum absolute atomic E-state index is 11.0. The smallest absolute Gasteiger partial charge is 0.276 e. The summed E-state index contributed by atoms with van der Waals surface area (Å²) in [5.41, 5.74) is 0.0281. The maximum atomic E-state index is 11.0. The Kier molecular flexibility index (Phi) is 5.44. The molecule has 8 heteroatoms. The minimum absolute atomic E-state index is 0.0281. The van der Waals surface area contributed by atoms with Gasteiger partial charge in [0.1, 0.15) is 11.6 Å². The van der Waals surface area contributed by atoms with Crippen LogP contribution in [0, 0.1) is 10.1 Å². The summed E-state index contributed by atoms with van der Waals surface area (Å²) >= 11 is 1.59. The molecule has 0 aromatic carbocycles. The predicted molar refractivity (Wildman–Crippen MR) is 84.0 cm³/mol. The van der Waals surface area contributed by atoms with Gasteiger partial charge in [0, 0.05) is 31.1 Å². The zero-order valence-electron chi connectivity index (χ0n) is 11.7. The van der Waals surface area contributed by atoms with Crippen LogP contribution in [0.1, 0.15) is 18.4 Å². The molecule has 0 atom stereocenters. The van der Waals surface area contributed by atoms with Crippen LogP contribution in [-0.2, 0) is 6.42 Å². The highest BCUT2D eigenvalue weighted by Gasteiger charge is 2.11. The van der Waals surface area contributed by atoms with Crippen LogP contribution in [0.25, 0.3) is 0 Å². The van der Waals surface area contributed by atoms with E-state index in [4.69, 9.17) is 0 Å². The molecule has 0 saturated heterocycles. The fourth-order valence-corrected chi connectivity index (χ4v) is 2.35. The minimum atomic E-state index is -0.412. The highest BCUT2D eigenvalue weighted by molar-refractivity contribution is 7.09. The Bertz CT molecular complexity index is 588. The van der Waals surface area contributed by atoms with Crippen molar-refractivity contribution in [1.29, 1.82) is 0 Å². The zero-order chi connectivity index (χ0) is 15.1. The molecule has 0 aliphatic heterocycles. The van der Waals surface area contributed by atoms with Gasteiger partial charge in [-0.3, -0.25) is 10.1 Å². The van der Waals surface area contributed by atoms with Gasteiger partial charge in [-0.1, -0.05) is 6.92 Å². The fraction of sp³-hybridized carbons (Fsp3) is 0.385. The third kappa shape index (κ3) is 4.67. The first-order chi connectivity index (χ1) is 10.2. The highest BCUT2D eigenvalue weighted by Crippen LogP contribution is 2.20. The van der Waals surface area contributed by atoms with E-state index in [0.29, 0.717) is 18.2 Å². The monoisotopic (exact) mass is 307 g/mol. The van der Waals surface area contributed by atoms with E-state index in [0.717, 1.165) is 24.4 Å². The number of thiazole rings is 1. The van der Waals surface area contributed by atoms with Gasteiger partial charge in [0.2, 0.25) is 0 Å². The first kappa shape index (κ1) is 15.2.